The molecule has 114 valence electrons. The number of rotatable bonds is 9. The normalized spacial score (nSPS) is 12.0. The molecule has 0 spiro atoms. The van der Waals surface area contributed by atoms with Crippen LogP contribution in [0.25, 0.3) is 0 Å². The summed E-state index contributed by atoms with van der Waals surface area (Å²) >= 11 is 0. The van der Waals surface area contributed by atoms with Gasteiger partial charge in [-0.3, -0.25) is 4.18 Å². The van der Waals surface area contributed by atoms with Crippen LogP contribution in [-0.2, 0) is 23.8 Å². The summed E-state index contributed by atoms with van der Waals surface area (Å²) in [5.74, 6) is 0. The van der Waals surface area contributed by atoms with Crippen molar-refractivity contribution < 1.29 is 22.1 Å². The van der Waals surface area contributed by atoms with Gasteiger partial charge in [0, 0.05) is 19.6 Å². The van der Waals surface area contributed by atoms with Crippen molar-refractivity contribution in [1.29, 1.82) is 0 Å². The maximum atomic E-state index is 11.9. The summed E-state index contributed by atoms with van der Waals surface area (Å²) in [5, 5.41) is 0. The lowest BCUT2D eigenvalue weighted by molar-refractivity contribution is -0.142. The third-order valence-electron chi connectivity index (χ3n) is 2.61. The first-order valence-electron chi connectivity index (χ1n) is 6.69. The summed E-state index contributed by atoms with van der Waals surface area (Å²) in [6.45, 7) is 6.66. The molecule has 0 saturated carbocycles. The van der Waals surface area contributed by atoms with Gasteiger partial charge in [-0.25, -0.2) is 0 Å². The minimum Gasteiger partial charge on any atom is -0.353 e. The number of ether oxygens (including phenoxy) is 2. The average Bonchev–Trinajstić information content (AvgIpc) is 2.39. The molecule has 1 aromatic carbocycles. The van der Waals surface area contributed by atoms with Crippen LogP contribution in [0.1, 0.15) is 25.8 Å². The molecule has 0 saturated heterocycles. The number of hydrogen-bond acceptors (Lipinski definition) is 5. The van der Waals surface area contributed by atoms with Crippen LogP contribution in [0.4, 0.5) is 0 Å². The van der Waals surface area contributed by atoms with Crippen molar-refractivity contribution >= 4 is 10.1 Å². The third-order valence-corrected chi connectivity index (χ3v) is 3.93. The van der Waals surface area contributed by atoms with Crippen LogP contribution >= 0.6 is 0 Å². The van der Waals surface area contributed by atoms with E-state index in [0.29, 0.717) is 19.6 Å². The van der Waals surface area contributed by atoms with Gasteiger partial charge in [0.2, 0.25) is 0 Å². The Morgan fingerprint density at radius 1 is 1.05 bits per heavy atom. The summed E-state index contributed by atoms with van der Waals surface area (Å²) in [4.78, 5) is 0.160. The van der Waals surface area contributed by atoms with Gasteiger partial charge < -0.3 is 9.47 Å². The predicted octanol–water partition coefficient (Wildman–Crippen LogP) is 2.49. The highest BCUT2D eigenvalue weighted by atomic mass is 32.2. The minimum atomic E-state index is -3.71. The molecule has 0 aromatic heterocycles. The average molecular weight is 302 g/mol. The van der Waals surface area contributed by atoms with E-state index in [-0.39, 0.29) is 11.5 Å². The predicted molar refractivity (Wildman–Crippen MR) is 76.0 cm³/mol. The fourth-order valence-electron chi connectivity index (χ4n) is 1.61. The molecule has 0 N–H and O–H groups in total. The van der Waals surface area contributed by atoms with E-state index in [9.17, 15) is 8.42 Å². The highest BCUT2D eigenvalue weighted by molar-refractivity contribution is 7.86. The molecule has 0 bridgehead atoms. The molecule has 0 aliphatic rings. The Bertz CT molecular complexity index is 475. The van der Waals surface area contributed by atoms with Crippen molar-refractivity contribution in [3.8, 4) is 0 Å². The first-order chi connectivity index (χ1) is 9.49. The molecule has 1 rings (SSSR count). The summed E-state index contributed by atoms with van der Waals surface area (Å²) in [5.41, 5.74) is 0.997. The minimum absolute atomic E-state index is 0.0286. The molecular weight excluding hydrogens is 280 g/mol. The largest absolute Gasteiger partial charge is 0.353 e. The molecule has 5 nitrogen and oxygen atoms in total. The molecule has 0 heterocycles. The molecule has 0 unspecified atom stereocenters. The van der Waals surface area contributed by atoms with E-state index >= 15 is 0 Å². The zero-order chi connectivity index (χ0) is 15.0. The molecule has 0 aliphatic carbocycles. The summed E-state index contributed by atoms with van der Waals surface area (Å²) in [6, 6.07) is 6.54. The topological polar surface area (TPSA) is 61.8 Å². The lowest BCUT2D eigenvalue weighted by Gasteiger charge is -2.16. The van der Waals surface area contributed by atoms with Crippen LogP contribution in [0, 0.1) is 6.92 Å². The van der Waals surface area contributed by atoms with Gasteiger partial charge in [0.05, 0.1) is 11.5 Å². The Morgan fingerprint density at radius 2 is 1.60 bits per heavy atom. The monoisotopic (exact) mass is 302 g/mol. The maximum absolute atomic E-state index is 11.9. The Labute approximate surface area is 121 Å². The van der Waals surface area contributed by atoms with Crippen LogP contribution in [-0.4, -0.2) is 34.5 Å². The van der Waals surface area contributed by atoms with E-state index in [1.54, 1.807) is 12.1 Å². The Hall–Kier alpha value is -0.950. The molecule has 0 fully saturated rings. The lowest BCUT2D eigenvalue weighted by atomic mass is 10.2. The second-order valence-corrected chi connectivity index (χ2v) is 5.83. The van der Waals surface area contributed by atoms with Crippen LogP contribution in [0.5, 0.6) is 0 Å². The van der Waals surface area contributed by atoms with Gasteiger partial charge >= 0.3 is 0 Å². The quantitative estimate of drug-likeness (QED) is 0.518. The molecule has 0 atom stereocenters. The van der Waals surface area contributed by atoms with Gasteiger partial charge in [0.15, 0.2) is 6.29 Å². The zero-order valence-electron chi connectivity index (χ0n) is 12.2. The van der Waals surface area contributed by atoms with Gasteiger partial charge in [0.1, 0.15) is 0 Å². The van der Waals surface area contributed by atoms with Gasteiger partial charge in [-0.15, -0.1) is 0 Å². The van der Waals surface area contributed by atoms with E-state index in [0.717, 1.165) is 5.56 Å². The van der Waals surface area contributed by atoms with E-state index < -0.39 is 16.4 Å². The molecular formula is C14H22O5S. The highest BCUT2D eigenvalue weighted by Crippen LogP contribution is 2.14. The first kappa shape index (κ1) is 17.1. The van der Waals surface area contributed by atoms with Crippen LogP contribution in [0.2, 0.25) is 0 Å². The van der Waals surface area contributed by atoms with Crippen molar-refractivity contribution in [2.45, 2.75) is 38.4 Å². The zero-order valence-corrected chi connectivity index (χ0v) is 13.0. The molecule has 6 heteroatoms. The SMILES string of the molecule is CCOC(CCOS(=O)(=O)c1ccc(C)cc1)OCC. The van der Waals surface area contributed by atoms with Crippen LogP contribution in [0.15, 0.2) is 29.2 Å². The number of benzene rings is 1. The Balaban J connectivity index is 2.52. The van der Waals surface area contributed by atoms with E-state index in [2.05, 4.69) is 0 Å². The molecule has 0 amide bonds. The van der Waals surface area contributed by atoms with Crippen LogP contribution in [0.3, 0.4) is 0 Å². The van der Waals surface area contributed by atoms with Crippen LogP contribution < -0.4 is 0 Å². The Morgan fingerprint density at radius 3 is 2.10 bits per heavy atom. The van der Waals surface area contributed by atoms with E-state index in [4.69, 9.17) is 13.7 Å². The maximum Gasteiger partial charge on any atom is 0.296 e. The second kappa shape index (κ2) is 8.36. The van der Waals surface area contributed by atoms with Gasteiger partial charge in [-0.05, 0) is 32.9 Å². The summed E-state index contributed by atoms with van der Waals surface area (Å²) in [6.07, 6.45) is -0.0644. The highest BCUT2D eigenvalue weighted by Gasteiger charge is 2.16. The van der Waals surface area contributed by atoms with Gasteiger partial charge in [-0.2, -0.15) is 8.42 Å². The van der Waals surface area contributed by atoms with E-state index in [1.165, 1.54) is 12.1 Å². The smallest absolute Gasteiger partial charge is 0.296 e. The lowest BCUT2D eigenvalue weighted by Crippen LogP contribution is -2.20. The van der Waals surface area contributed by atoms with E-state index in [1.807, 2.05) is 20.8 Å². The molecule has 0 radical (unpaired) electrons. The number of hydrogen-bond donors (Lipinski definition) is 0. The first-order valence-corrected chi connectivity index (χ1v) is 8.09. The van der Waals surface area contributed by atoms with Crippen molar-refractivity contribution in [1.82, 2.24) is 0 Å². The third kappa shape index (κ3) is 5.58. The summed E-state index contributed by atoms with van der Waals surface area (Å²) < 4.78 is 39.5. The molecule has 1 aromatic rings. The second-order valence-electron chi connectivity index (χ2n) is 4.22. The Kier molecular flexibility index (Phi) is 7.15. The molecule has 20 heavy (non-hydrogen) atoms. The summed E-state index contributed by atoms with van der Waals surface area (Å²) in [7, 11) is -3.71. The van der Waals surface area contributed by atoms with Crippen molar-refractivity contribution in [2.75, 3.05) is 19.8 Å². The fraction of sp³-hybridized carbons (Fsp3) is 0.571. The van der Waals surface area contributed by atoms with Gasteiger partial charge in [0.25, 0.3) is 10.1 Å². The molecule has 0 aliphatic heterocycles. The number of aryl methyl sites for hydroxylation is 1. The van der Waals surface area contributed by atoms with Gasteiger partial charge in [-0.1, -0.05) is 17.7 Å². The standard InChI is InChI=1S/C14H22O5S/c1-4-17-14(18-5-2)10-11-19-20(15,16)13-8-6-12(3)7-9-13/h6-9,14H,4-5,10-11H2,1-3H3. The van der Waals surface area contributed by atoms with Crippen molar-refractivity contribution in [2.24, 2.45) is 0 Å². The van der Waals surface area contributed by atoms with Crippen molar-refractivity contribution in [3.05, 3.63) is 29.8 Å². The fourth-order valence-corrected chi connectivity index (χ4v) is 2.53. The van der Waals surface area contributed by atoms with Crippen molar-refractivity contribution in [3.63, 3.8) is 0 Å².